The third kappa shape index (κ3) is 14.3. The quantitative estimate of drug-likeness (QED) is 0.0798. The second kappa shape index (κ2) is 23.7. The van der Waals surface area contributed by atoms with E-state index in [1.165, 1.54) is 28.3 Å². The van der Waals surface area contributed by atoms with Crippen LogP contribution in [-0.2, 0) is 35.7 Å². The van der Waals surface area contributed by atoms with Gasteiger partial charge in [-0.3, -0.25) is 4.79 Å². The molecule has 345 valence electrons. The third-order valence-corrected chi connectivity index (χ3v) is 12.0. The van der Waals surface area contributed by atoms with E-state index in [1.807, 2.05) is 65.8 Å². The molecule has 0 saturated heterocycles. The number of aromatic nitrogens is 2. The summed E-state index contributed by atoms with van der Waals surface area (Å²) in [5.41, 5.74) is 10.2. The molecule has 0 saturated carbocycles. The minimum Gasteiger partial charge on any atom is -0.512 e. The van der Waals surface area contributed by atoms with E-state index in [2.05, 4.69) is 128 Å². The van der Waals surface area contributed by atoms with E-state index in [-0.39, 0.29) is 78.7 Å². The maximum Gasteiger partial charge on any atom is 0.162 e. The molecule has 1 radical (unpaired) electrons. The number of carbonyl (C=O) groups is 1. The Morgan fingerprint density at radius 3 is 1.34 bits per heavy atom. The predicted molar refractivity (Wildman–Crippen MR) is 271 cm³/mol. The van der Waals surface area contributed by atoms with Crippen LogP contribution < -0.4 is 0 Å². The fraction of sp³-hybridized carbons (Fsp3) is 0.441. The smallest absolute Gasteiger partial charge is 0.162 e. The maximum atomic E-state index is 11.7. The molecule has 6 rings (SSSR count). The normalized spacial score (nSPS) is 12.9. The van der Waals surface area contributed by atoms with Gasteiger partial charge in [0.15, 0.2) is 5.78 Å². The fourth-order valence-electron chi connectivity index (χ4n) is 7.61. The van der Waals surface area contributed by atoms with E-state index in [1.54, 1.807) is 0 Å². The van der Waals surface area contributed by atoms with Crippen molar-refractivity contribution in [2.24, 2.45) is 11.8 Å². The Balaban J connectivity index is 0.000000280. The summed E-state index contributed by atoms with van der Waals surface area (Å²) in [6.45, 7) is 33.8. The number of hydrogen-bond acceptors (Lipinski definition) is 4. The zero-order chi connectivity index (χ0) is 50.3. The Kier molecular flexibility index (Phi) is 17.6. The molecule has 4 nitrogen and oxygen atoms in total. The van der Waals surface area contributed by atoms with E-state index in [4.69, 9.17) is 5.48 Å². The molecule has 0 aliphatic carbocycles. The van der Waals surface area contributed by atoms with Gasteiger partial charge in [-0.05, 0) is 104 Å². The first-order valence-corrected chi connectivity index (χ1v) is 23.1. The van der Waals surface area contributed by atoms with Crippen LogP contribution in [0.3, 0.4) is 0 Å². The number of carbonyl (C=O) groups excluding carboxylic acids is 1. The van der Waals surface area contributed by atoms with Crippen molar-refractivity contribution >= 4 is 27.3 Å². The fourth-order valence-corrected chi connectivity index (χ4v) is 7.61. The number of ketones is 1. The van der Waals surface area contributed by atoms with Gasteiger partial charge in [-0.15, -0.1) is 69.8 Å². The first-order chi connectivity index (χ1) is 31.2. The van der Waals surface area contributed by atoms with Crippen LogP contribution in [0.25, 0.3) is 44.1 Å². The van der Waals surface area contributed by atoms with Crippen LogP contribution >= 0.6 is 0 Å². The summed E-state index contributed by atoms with van der Waals surface area (Å²) >= 11 is 0. The van der Waals surface area contributed by atoms with E-state index in [9.17, 15) is 9.90 Å². The molecule has 0 bridgehead atoms. The minimum atomic E-state index is 0. The Morgan fingerprint density at radius 2 is 1.02 bits per heavy atom. The van der Waals surface area contributed by atoms with Gasteiger partial charge in [0.05, 0.1) is 11.2 Å². The number of aliphatic hydroxyl groups excluding tert-OH is 1. The third-order valence-electron chi connectivity index (χ3n) is 12.0. The summed E-state index contributed by atoms with van der Waals surface area (Å²) < 4.78 is 33.0. The van der Waals surface area contributed by atoms with Crippen molar-refractivity contribution < 1.29 is 35.5 Å². The molecule has 0 amide bonds. The Morgan fingerprint density at radius 1 is 0.641 bits per heavy atom. The number of rotatable bonds is 11. The molecule has 0 aliphatic heterocycles. The van der Waals surface area contributed by atoms with Crippen molar-refractivity contribution in [1.82, 2.24) is 9.97 Å². The van der Waals surface area contributed by atoms with Gasteiger partial charge in [0.1, 0.15) is 0 Å². The van der Waals surface area contributed by atoms with Gasteiger partial charge in [-0.2, -0.15) is 0 Å². The predicted octanol–water partition coefficient (Wildman–Crippen LogP) is 16.7. The van der Waals surface area contributed by atoms with Gasteiger partial charge in [0.2, 0.25) is 0 Å². The maximum absolute atomic E-state index is 11.7. The largest absolute Gasteiger partial charge is 0.512 e. The van der Waals surface area contributed by atoms with Crippen LogP contribution in [0.1, 0.15) is 173 Å². The van der Waals surface area contributed by atoms with Crippen molar-refractivity contribution in [3.63, 3.8) is 0 Å². The Hall–Kier alpha value is -4.44. The molecular formula is C59H76IrN2O2-2. The number of pyridine rings is 2. The average molecular weight is 1040 g/mol. The summed E-state index contributed by atoms with van der Waals surface area (Å²) in [5, 5.41) is 13.2. The molecule has 5 heteroatoms. The molecular weight excluding hydrogens is 961 g/mol. The van der Waals surface area contributed by atoms with E-state index in [0.717, 1.165) is 80.9 Å². The van der Waals surface area contributed by atoms with Crippen molar-refractivity contribution in [1.29, 1.82) is 0 Å². The Bertz CT molecular complexity index is 2560. The number of hydrogen-bond donors (Lipinski definition) is 1. The second-order valence-electron chi connectivity index (χ2n) is 19.7. The van der Waals surface area contributed by atoms with Gasteiger partial charge in [-0.25, -0.2) is 0 Å². The van der Waals surface area contributed by atoms with Crippen molar-refractivity contribution in [3.8, 4) is 22.5 Å². The topological polar surface area (TPSA) is 63.1 Å². The SMILES string of the molecule is CCC(CC)C(=O)/C=C(\O)C(CC)CC.[2H]c1nc(-c2[c-]c(C)cc(C(C)(C)C)c2)c2ccc(C(C)C)cc2c1[2H].[2H]c1nc(-c2[c-]c(C)cc(C(C)(C)C)c2)c2ccc(C(C)C)cc2c1[2H].[Ir]. The van der Waals surface area contributed by atoms with Gasteiger partial charge in [-0.1, -0.05) is 147 Å². The van der Waals surface area contributed by atoms with Crippen LogP contribution in [0.4, 0.5) is 0 Å². The van der Waals surface area contributed by atoms with Crippen molar-refractivity contribution in [2.45, 2.75) is 159 Å². The molecule has 0 aliphatic rings. The molecule has 64 heavy (non-hydrogen) atoms. The molecule has 4 aromatic carbocycles. The average Bonchev–Trinajstić information content (AvgIpc) is 3.26. The number of nitrogens with zero attached hydrogens (tertiary/aromatic N) is 2. The summed E-state index contributed by atoms with van der Waals surface area (Å²) in [5.74, 6) is 1.30. The van der Waals surface area contributed by atoms with Crippen LogP contribution in [0.2, 0.25) is 0 Å². The summed E-state index contributed by atoms with van der Waals surface area (Å²) in [6.07, 6.45) is 4.94. The first kappa shape index (κ1) is 47.5. The van der Waals surface area contributed by atoms with E-state index < -0.39 is 0 Å². The zero-order valence-electron chi connectivity index (χ0n) is 45.6. The molecule has 2 aromatic heterocycles. The van der Waals surface area contributed by atoms with Gasteiger partial charge < -0.3 is 15.1 Å². The summed E-state index contributed by atoms with van der Waals surface area (Å²) in [7, 11) is 0. The van der Waals surface area contributed by atoms with Crippen LogP contribution in [-0.4, -0.2) is 20.9 Å². The summed E-state index contributed by atoms with van der Waals surface area (Å²) in [4.78, 5) is 20.6. The first-order valence-electron chi connectivity index (χ1n) is 25.1. The number of aryl methyl sites for hydroxylation is 2. The summed E-state index contributed by atoms with van der Waals surface area (Å²) in [6, 6.07) is 28.1. The van der Waals surface area contributed by atoms with E-state index in [0.29, 0.717) is 11.8 Å². The van der Waals surface area contributed by atoms with Crippen LogP contribution in [0.5, 0.6) is 0 Å². The van der Waals surface area contributed by atoms with E-state index >= 15 is 0 Å². The standard InChI is InChI=1S/2C23H26N.C13H24O2.Ir/c2*1-15(2)17-7-8-21-18(13-17)9-10-24-22(21)19-11-16(3)12-20(14-19)23(4,5)6;1-5-10(6-2)12(14)9-13(15)11(7-3)8-4;/h2*7-10,12-15H,1-6H3;9-11,14H,5-8H2,1-4H3;/q2*-1;;/b;;12-9-;/i2*9D,10D;;. The molecule has 0 fully saturated rings. The monoisotopic (exact) mass is 1040 g/mol. The van der Waals surface area contributed by atoms with Crippen molar-refractivity contribution in [2.75, 3.05) is 0 Å². The molecule has 6 aromatic rings. The molecule has 1 N–H and O–H groups in total. The molecule has 2 heterocycles. The van der Waals surface area contributed by atoms with Crippen LogP contribution in [0, 0.1) is 37.8 Å². The second-order valence-corrected chi connectivity index (χ2v) is 19.7. The van der Waals surface area contributed by atoms with Crippen LogP contribution in [0.15, 0.2) is 96.9 Å². The molecule has 0 spiro atoms. The van der Waals surface area contributed by atoms with Gasteiger partial charge >= 0.3 is 0 Å². The zero-order valence-corrected chi connectivity index (χ0v) is 44.0. The number of fused-ring (bicyclic) bond motifs is 2. The minimum absolute atomic E-state index is 0. The Labute approximate surface area is 406 Å². The number of aliphatic hydroxyl groups is 1. The molecule has 0 unspecified atom stereocenters. The number of benzene rings is 4. The molecule has 0 atom stereocenters. The number of allylic oxidation sites excluding steroid dienone is 2. The van der Waals surface area contributed by atoms with Crippen molar-refractivity contribution in [3.05, 3.63) is 142 Å². The van der Waals surface area contributed by atoms with Gasteiger partial charge in [0.25, 0.3) is 0 Å². The van der Waals surface area contributed by atoms with Gasteiger partial charge in [0, 0.05) is 50.4 Å².